The van der Waals surface area contributed by atoms with Gasteiger partial charge in [-0.25, -0.2) is 9.97 Å². The van der Waals surface area contributed by atoms with E-state index in [0.29, 0.717) is 5.56 Å². The molecule has 0 atom stereocenters. The number of benzene rings is 1. The summed E-state index contributed by atoms with van der Waals surface area (Å²) in [7, 11) is 1.85. The van der Waals surface area contributed by atoms with Crippen molar-refractivity contribution in [1.82, 2.24) is 9.97 Å². The van der Waals surface area contributed by atoms with Gasteiger partial charge in [0.1, 0.15) is 11.6 Å². The van der Waals surface area contributed by atoms with E-state index >= 15 is 0 Å². The lowest BCUT2D eigenvalue weighted by Gasteiger charge is -2.12. The number of nitriles is 1. The van der Waals surface area contributed by atoms with Crippen LogP contribution in [0.25, 0.3) is 11.3 Å². The highest BCUT2D eigenvalue weighted by Gasteiger charge is 2.11. The maximum atomic E-state index is 8.98. The first kappa shape index (κ1) is 13.0. The van der Waals surface area contributed by atoms with Gasteiger partial charge < -0.3 is 5.32 Å². The Labute approximate surface area is 113 Å². The molecule has 2 aromatic rings. The van der Waals surface area contributed by atoms with Crippen molar-refractivity contribution in [1.29, 1.82) is 5.26 Å². The van der Waals surface area contributed by atoms with Crippen LogP contribution in [0.5, 0.6) is 0 Å². The molecular formula is C15H16N4. The van der Waals surface area contributed by atoms with E-state index in [1.54, 1.807) is 6.07 Å². The molecule has 0 aliphatic carbocycles. The average molecular weight is 252 g/mol. The van der Waals surface area contributed by atoms with Crippen molar-refractivity contribution in [3.05, 3.63) is 41.2 Å². The molecule has 0 aliphatic heterocycles. The molecule has 0 saturated heterocycles. The van der Waals surface area contributed by atoms with Crippen LogP contribution in [0.15, 0.2) is 24.3 Å². The lowest BCUT2D eigenvalue weighted by molar-refractivity contribution is 0.936. The van der Waals surface area contributed by atoms with E-state index in [2.05, 4.69) is 21.4 Å². The summed E-state index contributed by atoms with van der Waals surface area (Å²) >= 11 is 0. The molecule has 1 aromatic carbocycles. The van der Waals surface area contributed by atoms with Crippen LogP contribution in [0, 0.1) is 18.3 Å². The highest BCUT2D eigenvalue weighted by molar-refractivity contribution is 5.69. The van der Waals surface area contributed by atoms with Crippen LogP contribution in [0.1, 0.15) is 23.9 Å². The predicted molar refractivity (Wildman–Crippen MR) is 75.8 cm³/mol. The van der Waals surface area contributed by atoms with Crippen LogP contribution in [0.4, 0.5) is 5.82 Å². The van der Waals surface area contributed by atoms with Crippen molar-refractivity contribution in [2.45, 2.75) is 20.3 Å². The summed E-state index contributed by atoms with van der Waals surface area (Å²) < 4.78 is 0. The third-order valence-corrected chi connectivity index (χ3v) is 3.01. The van der Waals surface area contributed by atoms with Crippen molar-refractivity contribution in [3.8, 4) is 17.3 Å². The molecule has 1 aromatic heterocycles. The molecule has 0 bridgehead atoms. The second kappa shape index (κ2) is 5.49. The number of anilines is 1. The van der Waals surface area contributed by atoms with Gasteiger partial charge in [-0.05, 0) is 19.1 Å². The summed E-state index contributed by atoms with van der Waals surface area (Å²) in [6, 6.07) is 9.64. The average Bonchev–Trinajstić information content (AvgIpc) is 2.47. The highest BCUT2D eigenvalue weighted by Crippen LogP contribution is 2.26. The fraction of sp³-hybridized carbons (Fsp3) is 0.267. The smallest absolute Gasteiger partial charge is 0.132 e. The van der Waals surface area contributed by atoms with Gasteiger partial charge in [-0.15, -0.1) is 0 Å². The van der Waals surface area contributed by atoms with Gasteiger partial charge in [0.25, 0.3) is 0 Å². The normalized spacial score (nSPS) is 10.0. The molecule has 0 aliphatic rings. The fourth-order valence-corrected chi connectivity index (χ4v) is 1.98. The number of hydrogen-bond donors (Lipinski definition) is 1. The Hall–Kier alpha value is -2.41. The highest BCUT2D eigenvalue weighted by atomic mass is 15.0. The number of aromatic nitrogens is 2. The van der Waals surface area contributed by atoms with Crippen LogP contribution < -0.4 is 5.32 Å². The van der Waals surface area contributed by atoms with Crippen LogP contribution in [0.2, 0.25) is 0 Å². The number of nitrogens with one attached hydrogen (secondary N) is 1. The summed E-state index contributed by atoms with van der Waals surface area (Å²) in [6.45, 7) is 4.01. The Morgan fingerprint density at radius 1 is 1.32 bits per heavy atom. The third kappa shape index (κ3) is 2.55. The first-order valence-electron chi connectivity index (χ1n) is 6.25. The molecule has 0 spiro atoms. The van der Waals surface area contributed by atoms with Crippen LogP contribution in [-0.2, 0) is 6.42 Å². The van der Waals surface area contributed by atoms with Gasteiger partial charge in [0.2, 0.25) is 0 Å². The molecule has 0 radical (unpaired) electrons. The van der Waals surface area contributed by atoms with Gasteiger partial charge in [-0.3, -0.25) is 0 Å². The zero-order valence-corrected chi connectivity index (χ0v) is 11.4. The lowest BCUT2D eigenvalue weighted by Crippen LogP contribution is -2.04. The maximum Gasteiger partial charge on any atom is 0.132 e. The number of rotatable bonds is 3. The SMILES string of the molecule is CCc1nc(NC)c(C)c(-c2cccc(C#N)c2)n1. The van der Waals surface area contributed by atoms with E-state index in [9.17, 15) is 0 Å². The first-order valence-corrected chi connectivity index (χ1v) is 6.25. The van der Waals surface area contributed by atoms with Crippen LogP contribution >= 0.6 is 0 Å². The molecular weight excluding hydrogens is 236 g/mol. The molecule has 1 N–H and O–H groups in total. The van der Waals surface area contributed by atoms with Crippen LogP contribution in [0.3, 0.4) is 0 Å². The topological polar surface area (TPSA) is 61.6 Å². The van der Waals surface area contributed by atoms with Crippen molar-refractivity contribution in [2.24, 2.45) is 0 Å². The van der Waals surface area contributed by atoms with Crippen molar-refractivity contribution < 1.29 is 0 Å². The quantitative estimate of drug-likeness (QED) is 0.912. The second-order valence-corrected chi connectivity index (χ2v) is 4.26. The summed E-state index contributed by atoms with van der Waals surface area (Å²) in [5.74, 6) is 1.64. The van der Waals surface area contributed by atoms with Gasteiger partial charge in [-0.1, -0.05) is 19.1 Å². The Bertz CT molecular complexity index is 641. The molecule has 4 nitrogen and oxygen atoms in total. The lowest BCUT2D eigenvalue weighted by atomic mass is 10.0. The van der Waals surface area contributed by atoms with Gasteiger partial charge >= 0.3 is 0 Å². The van der Waals surface area contributed by atoms with Gasteiger partial charge in [0.15, 0.2) is 0 Å². The molecule has 0 amide bonds. The number of nitrogens with zero attached hydrogens (tertiary/aromatic N) is 3. The number of aryl methyl sites for hydroxylation is 1. The van der Waals surface area contributed by atoms with E-state index in [4.69, 9.17) is 5.26 Å². The Balaban J connectivity index is 2.63. The van der Waals surface area contributed by atoms with Crippen molar-refractivity contribution >= 4 is 5.82 Å². The summed E-state index contributed by atoms with van der Waals surface area (Å²) in [4.78, 5) is 9.04. The van der Waals surface area contributed by atoms with E-state index in [1.807, 2.05) is 39.1 Å². The second-order valence-electron chi connectivity index (χ2n) is 4.26. The minimum Gasteiger partial charge on any atom is -0.373 e. The minimum absolute atomic E-state index is 0.638. The Kier molecular flexibility index (Phi) is 3.76. The fourth-order valence-electron chi connectivity index (χ4n) is 1.98. The first-order chi connectivity index (χ1) is 9.19. The van der Waals surface area contributed by atoms with Crippen LogP contribution in [-0.4, -0.2) is 17.0 Å². The molecule has 96 valence electrons. The molecule has 19 heavy (non-hydrogen) atoms. The zero-order valence-electron chi connectivity index (χ0n) is 11.4. The molecule has 4 heteroatoms. The monoisotopic (exact) mass is 252 g/mol. The van der Waals surface area contributed by atoms with Crippen molar-refractivity contribution in [2.75, 3.05) is 12.4 Å². The molecule has 0 saturated carbocycles. The predicted octanol–water partition coefficient (Wildman–Crippen LogP) is 2.93. The maximum absolute atomic E-state index is 8.98. The molecule has 0 fully saturated rings. The molecule has 0 unspecified atom stereocenters. The summed E-state index contributed by atoms with van der Waals surface area (Å²) in [5, 5.41) is 12.1. The third-order valence-electron chi connectivity index (χ3n) is 3.01. The minimum atomic E-state index is 0.638. The van der Waals surface area contributed by atoms with Crippen molar-refractivity contribution in [3.63, 3.8) is 0 Å². The molecule has 2 rings (SSSR count). The standard InChI is InChI=1S/C15H16N4/c1-4-13-18-14(10(2)15(17-3)19-13)12-7-5-6-11(8-12)9-16/h5-8H,4H2,1-3H3,(H,17,18,19). The van der Waals surface area contributed by atoms with E-state index < -0.39 is 0 Å². The largest absolute Gasteiger partial charge is 0.373 e. The molecule has 1 heterocycles. The van der Waals surface area contributed by atoms with E-state index in [0.717, 1.165) is 34.9 Å². The zero-order chi connectivity index (χ0) is 13.8. The van der Waals surface area contributed by atoms with E-state index in [1.165, 1.54) is 0 Å². The van der Waals surface area contributed by atoms with E-state index in [-0.39, 0.29) is 0 Å². The van der Waals surface area contributed by atoms with Gasteiger partial charge in [0, 0.05) is 24.6 Å². The Morgan fingerprint density at radius 3 is 2.74 bits per heavy atom. The Morgan fingerprint density at radius 2 is 2.11 bits per heavy atom. The summed E-state index contributed by atoms with van der Waals surface area (Å²) in [5.41, 5.74) is 3.47. The van der Waals surface area contributed by atoms with Gasteiger partial charge in [0.05, 0.1) is 17.3 Å². The summed E-state index contributed by atoms with van der Waals surface area (Å²) in [6.07, 6.45) is 0.778. The number of hydrogen-bond acceptors (Lipinski definition) is 4. The van der Waals surface area contributed by atoms with Gasteiger partial charge in [-0.2, -0.15) is 5.26 Å².